The molecule has 0 amide bonds. The van der Waals surface area contributed by atoms with Crippen molar-refractivity contribution >= 4 is 16.3 Å². The second-order valence-corrected chi connectivity index (χ2v) is 12.9. The minimum Gasteiger partial charge on any atom is -0.402 e. The van der Waals surface area contributed by atoms with E-state index >= 15 is 0 Å². The lowest BCUT2D eigenvalue weighted by atomic mass is 9.49. The molecule has 3 aromatic carbocycles. The Balaban J connectivity index is 1.50. The van der Waals surface area contributed by atoms with E-state index in [1.807, 2.05) is 60.7 Å². The van der Waals surface area contributed by atoms with Crippen LogP contribution in [0.1, 0.15) is 38.5 Å². The first-order valence-corrected chi connectivity index (χ1v) is 13.6. The normalized spacial score (nSPS) is 28.5. The lowest BCUT2D eigenvalue weighted by molar-refractivity contribution is -0.160. The maximum atomic E-state index is 14.2. The van der Waals surface area contributed by atoms with Crippen LogP contribution in [0.15, 0.2) is 99.6 Å². The van der Waals surface area contributed by atoms with Crippen molar-refractivity contribution in [1.29, 1.82) is 0 Å². The first-order chi connectivity index (χ1) is 16.1. The van der Waals surface area contributed by atoms with Gasteiger partial charge in [-0.25, -0.2) is 4.39 Å². The van der Waals surface area contributed by atoms with Gasteiger partial charge in [-0.2, -0.15) is 0 Å². The van der Waals surface area contributed by atoms with Gasteiger partial charge in [0.15, 0.2) is 0 Å². The summed E-state index contributed by atoms with van der Waals surface area (Å²) in [6.45, 7) is 0. The fourth-order valence-electron chi connectivity index (χ4n) is 6.97. The summed E-state index contributed by atoms with van der Waals surface area (Å²) in [6.07, 6.45) is 6.71. The molecule has 33 heavy (non-hydrogen) atoms. The molecule has 2 nitrogen and oxygen atoms in total. The predicted molar refractivity (Wildman–Crippen MR) is 128 cm³/mol. The minimum absolute atomic E-state index is 0.0476. The highest BCUT2D eigenvalue weighted by Crippen LogP contribution is 2.71. The standard InChI is InChI=1S/C29H29FO2S/c30-24-11-13-27(14-12-24)33(25-7-3-1-4-8-25,26-9-5-2-6-10-26)32-28(31)29-18-21-15-22(19-29)17-23(16-21)20-29/h1-14,21-23H,15-20H2. The molecule has 0 heterocycles. The molecule has 0 spiro atoms. The molecule has 4 saturated carbocycles. The molecule has 0 aliphatic heterocycles. The van der Waals surface area contributed by atoms with Gasteiger partial charge in [-0.1, -0.05) is 36.4 Å². The van der Waals surface area contributed by atoms with Gasteiger partial charge >= 0.3 is 5.97 Å². The third kappa shape index (κ3) is 3.50. The van der Waals surface area contributed by atoms with Gasteiger partial charge in [0, 0.05) is 14.7 Å². The van der Waals surface area contributed by atoms with Crippen molar-refractivity contribution in [2.45, 2.75) is 53.2 Å². The van der Waals surface area contributed by atoms with Gasteiger partial charge < -0.3 is 4.18 Å². The van der Waals surface area contributed by atoms with Crippen molar-refractivity contribution in [1.82, 2.24) is 0 Å². The van der Waals surface area contributed by atoms with Gasteiger partial charge in [0.2, 0.25) is 0 Å². The average molecular weight is 461 g/mol. The van der Waals surface area contributed by atoms with Gasteiger partial charge in [-0.05, 0) is 115 Å². The molecule has 0 atom stereocenters. The summed E-state index contributed by atoms with van der Waals surface area (Å²) in [5.74, 6) is 1.64. The lowest BCUT2D eigenvalue weighted by Gasteiger charge is -2.56. The molecular formula is C29H29FO2S. The van der Waals surface area contributed by atoms with E-state index in [-0.39, 0.29) is 17.2 Å². The Morgan fingerprint density at radius 1 is 0.697 bits per heavy atom. The SMILES string of the molecule is O=C(OS(c1ccccc1)(c1ccccc1)c1ccc(F)cc1)C12CC3CC(CC(C3)C1)C2. The van der Waals surface area contributed by atoms with E-state index in [0.717, 1.165) is 33.9 Å². The smallest absolute Gasteiger partial charge is 0.323 e. The van der Waals surface area contributed by atoms with Crippen molar-refractivity contribution < 1.29 is 13.4 Å². The zero-order valence-electron chi connectivity index (χ0n) is 18.7. The Morgan fingerprint density at radius 3 is 1.58 bits per heavy atom. The van der Waals surface area contributed by atoms with Crippen LogP contribution in [-0.2, 0) is 8.98 Å². The maximum absolute atomic E-state index is 14.2. The molecule has 4 fully saturated rings. The Labute approximate surface area is 196 Å². The Morgan fingerprint density at radius 2 is 1.12 bits per heavy atom. The van der Waals surface area contributed by atoms with E-state index < -0.39 is 10.3 Å². The van der Waals surface area contributed by atoms with Gasteiger partial charge in [0.25, 0.3) is 0 Å². The second kappa shape index (κ2) is 8.02. The lowest BCUT2D eigenvalue weighted by Crippen LogP contribution is -2.50. The molecule has 4 aliphatic rings. The van der Waals surface area contributed by atoms with Crippen LogP contribution < -0.4 is 0 Å². The monoisotopic (exact) mass is 460 g/mol. The number of benzene rings is 3. The molecule has 7 rings (SSSR count). The summed E-state index contributed by atoms with van der Waals surface area (Å²) in [6, 6.07) is 26.6. The molecule has 0 unspecified atom stereocenters. The minimum atomic E-state index is -2.36. The number of hydrogen-bond acceptors (Lipinski definition) is 2. The van der Waals surface area contributed by atoms with Crippen molar-refractivity contribution in [3.63, 3.8) is 0 Å². The summed E-state index contributed by atoms with van der Waals surface area (Å²) in [5.41, 5.74) is -0.364. The number of rotatable bonds is 5. The van der Waals surface area contributed by atoms with Crippen LogP contribution in [0.25, 0.3) is 0 Å². The molecular weight excluding hydrogens is 431 g/mol. The van der Waals surface area contributed by atoms with Crippen LogP contribution >= 0.6 is 10.3 Å². The van der Waals surface area contributed by atoms with E-state index in [1.165, 1.54) is 31.4 Å². The number of hydrogen-bond donors (Lipinski definition) is 0. The van der Waals surface area contributed by atoms with E-state index in [1.54, 1.807) is 12.1 Å². The molecule has 3 aromatic rings. The maximum Gasteiger partial charge on any atom is 0.323 e. The highest BCUT2D eigenvalue weighted by molar-refractivity contribution is 8.30. The van der Waals surface area contributed by atoms with Crippen LogP contribution in [0.3, 0.4) is 0 Å². The van der Waals surface area contributed by atoms with Gasteiger partial charge in [0.05, 0.1) is 5.41 Å². The molecule has 0 N–H and O–H groups in total. The van der Waals surface area contributed by atoms with Gasteiger partial charge in [0.1, 0.15) is 5.82 Å². The van der Waals surface area contributed by atoms with E-state index in [4.69, 9.17) is 4.18 Å². The van der Waals surface area contributed by atoms with Crippen LogP contribution in [-0.4, -0.2) is 5.97 Å². The van der Waals surface area contributed by atoms with Crippen LogP contribution in [0.2, 0.25) is 0 Å². The summed E-state index contributed by atoms with van der Waals surface area (Å²) >= 11 is 0. The van der Waals surface area contributed by atoms with Gasteiger partial charge in [-0.3, -0.25) is 4.79 Å². The highest BCUT2D eigenvalue weighted by Gasteiger charge is 2.56. The zero-order valence-corrected chi connectivity index (χ0v) is 19.5. The van der Waals surface area contributed by atoms with E-state index in [9.17, 15) is 9.18 Å². The first-order valence-electron chi connectivity index (χ1n) is 12.0. The largest absolute Gasteiger partial charge is 0.402 e. The van der Waals surface area contributed by atoms with Crippen molar-refractivity contribution in [3.05, 3.63) is 90.7 Å². The summed E-state index contributed by atoms with van der Waals surface area (Å²) in [7, 11) is -2.36. The number of carbonyl (C=O) groups is 1. The predicted octanol–water partition coefficient (Wildman–Crippen LogP) is 7.78. The highest BCUT2D eigenvalue weighted by atomic mass is 32.3. The van der Waals surface area contributed by atoms with Crippen molar-refractivity contribution in [2.75, 3.05) is 0 Å². The Hall–Kier alpha value is -2.59. The van der Waals surface area contributed by atoms with Crippen LogP contribution in [0.5, 0.6) is 0 Å². The Bertz CT molecular complexity index is 1070. The van der Waals surface area contributed by atoms with E-state index in [2.05, 4.69) is 0 Å². The third-order valence-electron chi connectivity index (χ3n) is 7.97. The zero-order chi connectivity index (χ0) is 22.5. The summed E-state index contributed by atoms with van der Waals surface area (Å²) in [5, 5.41) is 0. The van der Waals surface area contributed by atoms with Crippen LogP contribution in [0, 0.1) is 29.0 Å². The summed E-state index contributed by atoms with van der Waals surface area (Å²) in [4.78, 5) is 17.0. The first kappa shape index (κ1) is 21.0. The molecule has 170 valence electrons. The third-order valence-corrected chi connectivity index (χ3v) is 11.2. The molecule has 4 bridgehead atoms. The average Bonchev–Trinajstić information content (AvgIpc) is 2.83. The molecule has 0 radical (unpaired) electrons. The quantitative estimate of drug-likeness (QED) is 0.388. The fourth-order valence-corrected chi connectivity index (χ4v) is 10.1. The number of carbonyl (C=O) groups excluding carboxylic acids is 1. The second-order valence-electron chi connectivity index (χ2n) is 10.2. The van der Waals surface area contributed by atoms with E-state index in [0.29, 0.717) is 17.8 Å². The molecule has 4 heteroatoms. The van der Waals surface area contributed by atoms with Crippen LogP contribution in [0.4, 0.5) is 4.39 Å². The molecule has 0 aromatic heterocycles. The number of halogens is 1. The van der Waals surface area contributed by atoms with Crippen molar-refractivity contribution in [3.8, 4) is 0 Å². The topological polar surface area (TPSA) is 26.3 Å². The molecule has 0 saturated heterocycles. The Kier molecular flexibility index (Phi) is 5.10. The van der Waals surface area contributed by atoms with Gasteiger partial charge in [-0.15, -0.1) is 0 Å². The van der Waals surface area contributed by atoms with Crippen molar-refractivity contribution in [2.24, 2.45) is 23.2 Å². The summed E-state index contributed by atoms with van der Waals surface area (Å²) < 4.78 is 20.8. The molecule has 4 aliphatic carbocycles. The fraction of sp³-hybridized carbons (Fsp3) is 0.345.